The Morgan fingerprint density at radius 1 is 0.933 bits per heavy atom. The van der Waals surface area contributed by atoms with E-state index in [1.807, 2.05) is 32.0 Å². The zero-order chi connectivity index (χ0) is 20.9. The molecule has 30 heavy (non-hydrogen) atoms. The predicted octanol–water partition coefficient (Wildman–Crippen LogP) is 4.72. The lowest BCUT2D eigenvalue weighted by Crippen LogP contribution is -2.19. The van der Waals surface area contributed by atoms with Crippen LogP contribution in [0.5, 0.6) is 11.6 Å². The largest absolute Gasteiger partial charge is 0.439 e. The fourth-order valence-electron chi connectivity index (χ4n) is 2.98. The van der Waals surface area contributed by atoms with Crippen molar-refractivity contribution in [2.45, 2.75) is 13.8 Å². The molecule has 0 saturated heterocycles. The number of nitrogens with zero attached hydrogens (tertiary/aromatic N) is 4. The summed E-state index contributed by atoms with van der Waals surface area (Å²) in [6, 6.07) is 16.1. The van der Waals surface area contributed by atoms with Gasteiger partial charge in [0.1, 0.15) is 12.1 Å². The van der Waals surface area contributed by atoms with Gasteiger partial charge in [0.2, 0.25) is 5.88 Å². The van der Waals surface area contributed by atoms with E-state index in [2.05, 4.69) is 31.8 Å². The van der Waals surface area contributed by atoms with E-state index in [9.17, 15) is 4.79 Å². The van der Waals surface area contributed by atoms with Gasteiger partial charge in [0.15, 0.2) is 5.82 Å². The summed E-state index contributed by atoms with van der Waals surface area (Å²) in [6.45, 7) is 3.98. The van der Waals surface area contributed by atoms with E-state index in [0.29, 0.717) is 23.1 Å². The maximum atomic E-state index is 12.3. The summed E-state index contributed by atoms with van der Waals surface area (Å²) >= 11 is 0. The van der Waals surface area contributed by atoms with E-state index in [1.165, 1.54) is 6.33 Å². The van der Waals surface area contributed by atoms with Crippen molar-refractivity contribution in [1.82, 2.24) is 19.7 Å². The van der Waals surface area contributed by atoms with Gasteiger partial charge in [-0.1, -0.05) is 6.07 Å². The number of aromatic nitrogens is 4. The highest BCUT2D eigenvalue weighted by molar-refractivity contribution is 5.99. The minimum absolute atomic E-state index is 0.312. The molecule has 0 aliphatic heterocycles. The Morgan fingerprint density at radius 2 is 1.67 bits per heavy atom. The minimum atomic E-state index is -0.312. The third-order valence-corrected chi connectivity index (χ3v) is 4.18. The van der Waals surface area contributed by atoms with Crippen molar-refractivity contribution >= 4 is 17.4 Å². The van der Waals surface area contributed by atoms with Gasteiger partial charge in [-0.2, -0.15) is 5.10 Å². The summed E-state index contributed by atoms with van der Waals surface area (Å²) in [5.74, 6) is 1.58. The Kier molecular flexibility index (Phi) is 5.38. The van der Waals surface area contributed by atoms with E-state index < -0.39 is 0 Å². The third kappa shape index (κ3) is 4.79. The first-order valence-electron chi connectivity index (χ1n) is 9.31. The molecule has 0 unspecified atom stereocenters. The molecule has 4 rings (SSSR count). The number of nitrogens with one attached hydrogen (secondary N) is 2. The van der Waals surface area contributed by atoms with Gasteiger partial charge in [0.25, 0.3) is 0 Å². The smallest absolute Gasteiger partial charge is 0.323 e. The van der Waals surface area contributed by atoms with Crippen LogP contribution in [0, 0.1) is 13.8 Å². The van der Waals surface area contributed by atoms with Crippen molar-refractivity contribution in [3.63, 3.8) is 0 Å². The van der Waals surface area contributed by atoms with Crippen LogP contribution in [0.4, 0.5) is 16.2 Å². The molecular weight excluding hydrogens is 380 g/mol. The number of carbonyl (C=O) groups excluding carboxylic acids is 1. The van der Waals surface area contributed by atoms with Crippen molar-refractivity contribution in [2.24, 2.45) is 0 Å². The molecule has 0 atom stereocenters. The molecule has 0 aliphatic carbocycles. The van der Waals surface area contributed by atoms with Gasteiger partial charge >= 0.3 is 6.03 Å². The third-order valence-electron chi connectivity index (χ3n) is 4.18. The molecule has 2 amide bonds. The summed E-state index contributed by atoms with van der Waals surface area (Å²) in [7, 11) is 0. The van der Waals surface area contributed by atoms with Gasteiger partial charge in [-0.05, 0) is 67.4 Å². The molecule has 0 radical (unpaired) electrons. The highest BCUT2D eigenvalue weighted by Crippen LogP contribution is 2.22. The first-order chi connectivity index (χ1) is 14.5. The maximum Gasteiger partial charge on any atom is 0.323 e. The number of rotatable bonds is 5. The summed E-state index contributed by atoms with van der Waals surface area (Å²) in [5, 5.41) is 9.78. The van der Waals surface area contributed by atoms with Crippen LogP contribution in [0.25, 0.3) is 5.82 Å². The fourth-order valence-corrected chi connectivity index (χ4v) is 2.98. The van der Waals surface area contributed by atoms with E-state index >= 15 is 0 Å². The highest BCUT2D eigenvalue weighted by Gasteiger charge is 2.06. The average Bonchev–Trinajstić information content (AvgIpc) is 3.24. The van der Waals surface area contributed by atoms with Crippen molar-refractivity contribution in [3.8, 4) is 17.4 Å². The van der Waals surface area contributed by atoms with E-state index in [4.69, 9.17) is 4.74 Å². The molecule has 8 heteroatoms. The molecule has 4 aromatic rings. The highest BCUT2D eigenvalue weighted by atomic mass is 16.5. The summed E-state index contributed by atoms with van der Waals surface area (Å²) in [4.78, 5) is 20.5. The van der Waals surface area contributed by atoms with Crippen LogP contribution in [0.15, 0.2) is 73.3 Å². The van der Waals surface area contributed by atoms with Crippen LogP contribution in [0.1, 0.15) is 11.1 Å². The molecule has 0 aliphatic rings. The molecule has 0 bridgehead atoms. The van der Waals surface area contributed by atoms with Crippen LogP contribution in [-0.2, 0) is 0 Å². The topological polar surface area (TPSA) is 94.0 Å². The zero-order valence-corrected chi connectivity index (χ0v) is 16.5. The Morgan fingerprint density at radius 3 is 2.37 bits per heavy atom. The summed E-state index contributed by atoms with van der Waals surface area (Å²) in [5.41, 5.74) is 3.57. The SMILES string of the molecule is Cc1cc(C)cc(NC(=O)Nc2ccc(Oc3cc(-n4cccn4)ncn3)cc2)c1. The normalized spacial score (nSPS) is 10.5. The van der Waals surface area contributed by atoms with Crippen LogP contribution in [0.2, 0.25) is 0 Å². The number of hydrogen-bond acceptors (Lipinski definition) is 5. The molecule has 2 aromatic carbocycles. The number of amides is 2. The lowest BCUT2D eigenvalue weighted by Gasteiger charge is -2.10. The van der Waals surface area contributed by atoms with Crippen LogP contribution in [0.3, 0.4) is 0 Å². The van der Waals surface area contributed by atoms with E-state index in [0.717, 1.165) is 16.8 Å². The summed E-state index contributed by atoms with van der Waals surface area (Å²) < 4.78 is 7.40. The van der Waals surface area contributed by atoms with Gasteiger partial charge in [-0.3, -0.25) is 0 Å². The molecule has 0 saturated carbocycles. The van der Waals surface area contributed by atoms with Gasteiger partial charge in [-0.25, -0.2) is 19.4 Å². The average molecular weight is 400 g/mol. The number of benzene rings is 2. The van der Waals surface area contributed by atoms with Crippen molar-refractivity contribution in [2.75, 3.05) is 10.6 Å². The monoisotopic (exact) mass is 400 g/mol. The first kappa shape index (κ1) is 19.1. The van der Waals surface area contributed by atoms with Gasteiger partial charge in [-0.15, -0.1) is 0 Å². The fraction of sp³-hybridized carbons (Fsp3) is 0.0909. The Balaban J connectivity index is 1.38. The second-order valence-electron chi connectivity index (χ2n) is 6.75. The predicted molar refractivity (Wildman–Crippen MR) is 114 cm³/mol. The quantitative estimate of drug-likeness (QED) is 0.506. The van der Waals surface area contributed by atoms with Gasteiger partial charge in [0.05, 0.1) is 0 Å². The van der Waals surface area contributed by atoms with Crippen molar-refractivity contribution in [1.29, 1.82) is 0 Å². The molecule has 2 aromatic heterocycles. The summed E-state index contributed by atoms with van der Waals surface area (Å²) in [6.07, 6.45) is 4.87. The number of aryl methyl sites for hydroxylation is 2. The molecule has 2 N–H and O–H groups in total. The molecule has 2 heterocycles. The first-order valence-corrected chi connectivity index (χ1v) is 9.31. The number of ether oxygens (including phenoxy) is 1. The Bertz CT molecular complexity index is 1140. The number of anilines is 2. The molecule has 0 fully saturated rings. The lowest BCUT2D eigenvalue weighted by atomic mass is 10.1. The van der Waals surface area contributed by atoms with E-state index in [1.54, 1.807) is 47.4 Å². The Labute approximate surface area is 173 Å². The standard InChI is InChI=1S/C22H20N6O2/c1-15-10-16(2)12-18(11-15)27-22(29)26-17-4-6-19(7-5-17)30-21-13-20(23-14-24-21)28-9-3-8-25-28/h3-14H,1-2H3,(H2,26,27,29). The Hall–Kier alpha value is -4.20. The van der Waals surface area contributed by atoms with Crippen molar-refractivity contribution < 1.29 is 9.53 Å². The molecule has 0 spiro atoms. The minimum Gasteiger partial charge on any atom is -0.439 e. The molecular formula is C22H20N6O2. The maximum absolute atomic E-state index is 12.3. The number of hydrogen-bond donors (Lipinski definition) is 2. The van der Waals surface area contributed by atoms with Gasteiger partial charge < -0.3 is 15.4 Å². The molecule has 150 valence electrons. The van der Waals surface area contributed by atoms with Crippen LogP contribution in [-0.4, -0.2) is 25.8 Å². The lowest BCUT2D eigenvalue weighted by molar-refractivity contribution is 0.262. The molecule has 8 nitrogen and oxygen atoms in total. The second-order valence-corrected chi connectivity index (χ2v) is 6.75. The van der Waals surface area contributed by atoms with Crippen LogP contribution >= 0.6 is 0 Å². The number of urea groups is 1. The second kappa shape index (κ2) is 8.44. The van der Waals surface area contributed by atoms with E-state index in [-0.39, 0.29) is 6.03 Å². The van der Waals surface area contributed by atoms with Gasteiger partial charge in [0, 0.05) is 29.8 Å². The van der Waals surface area contributed by atoms with Crippen LogP contribution < -0.4 is 15.4 Å². The zero-order valence-electron chi connectivity index (χ0n) is 16.5. The number of carbonyl (C=O) groups is 1. The van der Waals surface area contributed by atoms with Crippen molar-refractivity contribution in [3.05, 3.63) is 84.4 Å².